The quantitative estimate of drug-likeness (QED) is 0.775. The summed E-state index contributed by atoms with van der Waals surface area (Å²) in [5.41, 5.74) is 2.72. The van der Waals surface area contributed by atoms with Crippen molar-refractivity contribution in [1.29, 1.82) is 0 Å². The van der Waals surface area contributed by atoms with Gasteiger partial charge in [-0.1, -0.05) is 29.8 Å². The van der Waals surface area contributed by atoms with Crippen molar-refractivity contribution in [1.82, 2.24) is 4.98 Å². The summed E-state index contributed by atoms with van der Waals surface area (Å²) in [7, 11) is 0. The maximum Gasteiger partial charge on any atom is 0.360 e. The van der Waals surface area contributed by atoms with Gasteiger partial charge in [0.05, 0.1) is 6.61 Å². The second-order valence-corrected chi connectivity index (χ2v) is 4.33. The van der Waals surface area contributed by atoms with E-state index in [0.29, 0.717) is 18.8 Å². The van der Waals surface area contributed by atoms with E-state index in [1.54, 1.807) is 6.92 Å². The Labute approximate surface area is 112 Å². The summed E-state index contributed by atoms with van der Waals surface area (Å²) in [5, 5.41) is 0. The van der Waals surface area contributed by atoms with Crippen molar-refractivity contribution in [3.05, 3.63) is 53.2 Å². The Morgan fingerprint density at radius 2 is 2.21 bits per heavy atom. The van der Waals surface area contributed by atoms with Gasteiger partial charge < -0.3 is 9.15 Å². The predicted octanol–water partition coefficient (Wildman–Crippen LogP) is 2.94. The predicted molar refractivity (Wildman–Crippen MR) is 71.0 cm³/mol. The second kappa shape index (κ2) is 6.18. The molecule has 0 aliphatic heterocycles. The summed E-state index contributed by atoms with van der Waals surface area (Å²) in [5.74, 6) is 0.162. The molecule has 4 heteroatoms. The zero-order valence-corrected chi connectivity index (χ0v) is 11.2. The summed E-state index contributed by atoms with van der Waals surface area (Å²) in [6.45, 7) is 4.16. The lowest BCUT2D eigenvalue weighted by Gasteiger charge is -2.03. The van der Waals surface area contributed by atoms with Crippen LogP contribution >= 0.6 is 0 Å². The van der Waals surface area contributed by atoms with E-state index in [4.69, 9.17) is 9.15 Å². The van der Waals surface area contributed by atoms with Gasteiger partial charge >= 0.3 is 5.97 Å². The number of nitrogens with zero attached hydrogens (tertiary/aromatic N) is 1. The molecule has 0 unspecified atom stereocenters. The number of hydrogen-bond acceptors (Lipinski definition) is 4. The van der Waals surface area contributed by atoms with E-state index in [1.807, 2.05) is 6.07 Å². The van der Waals surface area contributed by atoms with Crippen LogP contribution in [0.3, 0.4) is 0 Å². The van der Waals surface area contributed by atoms with Crippen LogP contribution in [0.5, 0.6) is 0 Å². The molecule has 100 valence electrons. The first-order valence-corrected chi connectivity index (χ1v) is 6.35. The van der Waals surface area contributed by atoms with E-state index in [-0.39, 0.29) is 5.69 Å². The molecule has 0 fully saturated rings. The van der Waals surface area contributed by atoms with Crippen LogP contribution in [0.4, 0.5) is 0 Å². The smallest absolute Gasteiger partial charge is 0.360 e. The van der Waals surface area contributed by atoms with Gasteiger partial charge in [-0.15, -0.1) is 0 Å². The number of carbonyl (C=O) groups excluding carboxylic acids is 1. The molecule has 0 aliphatic rings. The van der Waals surface area contributed by atoms with Crippen LogP contribution in [0.1, 0.15) is 34.3 Å². The number of oxazole rings is 1. The van der Waals surface area contributed by atoms with Crippen LogP contribution < -0.4 is 0 Å². The Balaban J connectivity index is 2.04. The highest BCUT2D eigenvalue weighted by molar-refractivity contribution is 5.88. The fourth-order valence-corrected chi connectivity index (χ4v) is 1.94. The maximum absolute atomic E-state index is 11.6. The Hall–Kier alpha value is -2.10. The van der Waals surface area contributed by atoms with Crippen LogP contribution in [0.15, 0.2) is 35.1 Å². The third-order valence-electron chi connectivity index (χ3n) is 2.83. The lowest BCUT2D eigenvalue weighted by atomic mass is 10.1. The fraction of sp³-hybridized carbons (Fsp3) is 0.333. The van der Waals surface area contributed by atoms with Crippen molar-refractivity contribution in [3.8, 4) is 0 Å². The summed E-state index contributed by atoms with van der Waals surface area (Å²) in [4.78, 5) is 15.6. The molecule has 4 nitrogen and oxygen atoms in total. The van der Waals surface area contributed by atoms with E-state index >= 15 is 0 Å². The normalized spacial score (nSPS) is 10.4. The minimum absolute atomic E-state index is 0.287. The van der Waals surface area contributed by atoms with E-state index in [2.05, 4.69) is 30.1 Å². The highest BCUT2D eigenvalue weighted by Gasteiger charge is 2.17. The number of ether oxygens (including phenoxy) is 1. The number of aryl methyl sites for hydroxylation is 3. The Kier molecular flexibility index (Phi) is 4.34. The van der Waals surface area contributed by atoms with Crippen molar-refractivity contribution in [2.45, 2.75) is 26.7 Å². The van der Waals surface area contributed by atoms with Crippen molar-refractivity contribution in [2.75, 3.05) is 6.61 Å². The van der Waals surface area contributed by atoms with Crippen molar-refractivity contribution < 1.29 is 13.9 Å². The zero-order chi connectivity index (χ0) is 13.7. The number of aromatic nitrogens is 1. The van der Waals surface area contributed by atoms with Crippen molar-refractivity contribution in [2.24, 2.45) is 0 Å². The minimum Gasteiger partial charge on any atom is -0.461 e. The highest BCUT2D eigenvalue weighted by Crippen LogP contribution is 2.13. The second-order valence-electron chi connectivity index (χ2n) is 4.33. The summed E-state index contributed by atoms with van der Waals surface area (Å²) >= 11 is 0. The Morgan fingerprint density at radius 3 is 2.95 bits per heavy atom. The molecule has 0 bridgehead atoms. The highest BCUT2D eigenvalue weighted by atomic mass is 16.5. The van der Waals surface area contributed by atoms with Gasteiger partial charge in [0.15, 0.2) is 12.1 Å². The third kappa shape index (κ3) is 3.44. The maximum atomic E-state index is 11.6. The number of esters is 1. The van der Waals surface area contributed by atoms with Gasteiger partial charge in [-0.2, -0.15) is 0 Å². The van der Waals surface area contributed by atoms with Gasteiger partial charge in [0.25, 0.3) is 0 Å². The van der Waals surface area contributed by atoms with Crippen LogP contribution in [0.2, 0.25) is 0 Å². The van der Waals surface area contributed by atoms with Crippen LogP contribution in [-0.4, -0.2) is 17.6 Å². The molecular weight excluding hydrogens is 242 g/mol. The molecule has 19 heavy (non-hydrogen) atoms. The minimum atomic E-state index is -0.421. The molecule has 0 saturated carbocycles. The number of benzene rings is 1. The van der Waals surface area contributed by atoms with Crippen LogP contribution in [0, 0.1) is 6.92 Å². The molecule has 0 atom stereocenters. The molecule has 1 heterocycles. The van der Waals surface area contributed by atoms with Gasteiger partial charge in [-0.25, -0.2) is 9.78 Å². The number of carbonyl (C=O) groups is 1. The zero-order valence-electron chi connectivity index (χ0n) is 11.2. The lowest BCUT2D eigenvalue weighted by Crippen LogP contribution is -2.08. The average molecular weight is 259 g/mol. The van der Waals surface area contributed by atoms with Gasteiger partial charge in [-0.05, 0) is 25.8 Å². The first-order chi connectivity index (χ1) is 9.20. The van der Waals surface area contributed by atoms with E-state index in [0.717, 1.165) is 6.42 Å². The summed E-state index contributed by atoms with van der Waals surface area (Å²) in [6, 6.07) is 8.27. The molecule has 0 aliphatic carbocycles. The Bertz CT molecular complexity index is 560. The van der Waals surface area contributed by atoms with E-state index < -0.39 is 5.97 Å². The molecule has 1 aromatic heterocycles. The topological polar surface area (TPSA) is 52.3 Å². The van der Waals surface area contributed by atoms with Crippen LogP contribution in [0.25, 0.3) is 0 Å². The molecule has 0 amide bonds. The molecule has 1 aromatic carbocycles. The van der Waals surface area contributed by atoms with E-state index in [9.17, 15) is 4.79 Å². The molecule has 0 saturated heterocycles. The van der Waals surface area contributed by atoms with Gasteiger partial charge in [0.1, 0.15) is 5.76 Å². The van der Waals surface area contributed by atoms with E-state index in [1.165, 1.54) is 17.5 Å². The largest absolute Gasteiger partial charge is 0.461 e. The average Bonchev–Trinajstić information content (AvgIpc) is 2.85. The van der Waals surface area contributed by atoms with Crippen molar-refractivity contribution >= 4 is 5.97 Å². The monoisotopic (exact) mass is 259 g/mol. The lowest BCUT2D eigenvalue weighted by molar-refractivity contribution is 0.0517. The first-order valence-electron chi connectivity index (χ1n) is 6.35. The summed E-state index contributed by atoms with van der Waals surface area (Å²) in [6.07, 6.45) is 2.73. The Morgan fingerprint density at radius 1 is 1.37 bits per heavy atom. The molecule has 0 N–H and O–H groups in total. The molecule has 0 spiro atoms. The molecule has 2 rings (SSSR count). The van der Waals surface area contributed by atoms with Crippen molar-refractivity contribution in [3.63, 3.8) is 0 Å². The molecular formula is C15H17NO3. The van der Waals surface area contributed by atoms with Gasteiger partial charge in [0, 0.05) is 6.42 Å². The number of hydrogen-bond donors (Lipinski definition) is 0. The summed E-state index contributed by atoms with van der Waals surface area (Å²) < 4.78 is 10.2. The molecule has 2 aromatic rings. The van der Waals surface area contributed by atoms with Crippen LogP contribution in [-0.2, 0) is 17.6 Å². The molecule has 0 radical (unpaired) electrons. The van der Waals surface area contributed by atoms with Gasteiger partial charge in [0.2, 0.25) is 0 Å². The third-order valence-corrected chi connectivity index (χ3v) is 2.83. The standard InChI is InChI=1S/C15H17NO3/c1-3-18-15(17)14-13(19-10-16-14)8-7-12-6-4-5-11(2)9-12/h4-6,9-10H,3,7-8H2,1-2H3. The van der Waals surface area contributed by atoms with Gasteiger partial charge in [-0.3, -0.25) is 0 Å². The number of rotatable bonds is 5. The fourth-order valence-electron chi connectivity index (χ4n) is 1.94. The first kappa shape index (κ1) is 13.3. The SMILES string of the molecule is CCOC(=O)c1ncoc1CCc1cccc(C)c1.